The molecule has 1 aliphatic heterocycles. The highest BCUT2D eigenvalue weighted by Gasteiger charge is 2.43. The molecule has 0 aromatic heterocycles. The third-order valence-electron chi connectivity index (χ3n) is 4.36. The number of methoxy groups -OCH3 is 1. The molecule has 1 fully saturated rings. The Hall–Kier alpha value is -2.72. The van der Waals surface area contributed by atoms with Gasteiger partial charge in [0.05, 0.1) is 37.5 Å². The molecular weight excluding hydrogens is 402 g/mol. The molecule has 0 aliphatic carbocycles. The summed E-state index contributed by atoms with van der Waals surface area (Å²) in [5.41, 5.74) is 0.151. The molecule has 1 heterocycles. The van der Waals surface area contributed by atoms with Crippen molar-refractivity contribution < 1.29 is 49.3 Å². The van der Waals surface area contributed by atoms with Gasteiger partial charge in [0, 0.05) is 0 Å². The van der Waals surface area contributed by atoms with E-state index in [-0.39, 0.29) is 35.8 Å². The van der Waals surface area contributed by atoms with Crippen molar-refractivity contribution in [2.75, 3.05) is 26.9 Å². The molecule has 0 bridgehead atoms. The van der Waals surface area contributed by atoms with Gasteiger partial charge in [0.15, 0.2) is 17.8 Å². The van der Waals surface area contributed by atoms with Crippen LogP contribution in [0.1, 0.15) is 10.4 Å². The van der Waals surface area contributed by atoms with Crippen LogP contribution in [-0.2, 0) is 14.2 Å². The number of phenols is 1. The smallest absolute Gasteiger partial charge is 0.338 e. The van der Waals surface area contributed by atoms with E-state index in [2.05, 4.69) is 0 Å². The first-order valence-electron chi connectivity index (χ1n) is 8.87. The highest BCUT2D eigenvalue weighted by atomic mass is 16.7. The average molecular weight is 425 g/mol. The number of hydrogen-bond acceptors (Lipinski definition) is 11. The molecule has 2 rings (SSSR count). The van der Waals surface area contributed by atoms with Gasteiger partial charge >= 0.3 is 5.97 Å². The zero-order valence-corrected chi connectivity index (χ0v) is 16.0. The molecule has 5 N–H and O–H groups in total. The largest absolute Gasteiger partial charge is 0.504 e. The zero-order valence-electron chi connectivity index (χ0n) is 16.0. The van der Waals surface area contributed by atoms with Crippen molar-refractivity contribution in [3.05, 3.63) is 35.4 Å². The van der Waals surface area contributed by atoms with Crippen LogP contribution < -0.4 is 4.74 Å². The SMILES string of the molecule is COc1cc(C(=O)OC/C(C#N)=C\CO[C@@H]2O[C@H](CO)[C@@H](O)[C@H](O)[C@H]2O)ccc1O. The molecule has 30 heavy (non-hydrogen) atoms. The molecule has 0 saturated carbocycles. The Morgan fingerprint density at radius 3 is 2.63 bits per heavy atom. The van der Waals surface area contributed by atoms with Crippen LogP contribution in [0.3, 0.4) is 0 Å². The summed E-state index contributed by atoms with van der Waals surface area (Å²) in [5, 5.41) is 57.2. The molecule has 11 nitrogen and oxygen atoms in total. The normalized spacial score (nSPS) is 26.7. The molecule has 0 amide bonds. The van der Waals surface area contributed by atoms with E-state index < -0.39 is 43.3 Å². The standard InChI is InChI=1S/C19H23NO10/c1-27-13-6-11(2-3-12(13)22)18(26)29-9-10(7-20)4-5-28-19-17(25)16(24)15(23)14(8-21)30-19/h2-4,6,14-17,19,21-25H,5,8-9H2,1H3/b10-4-/t14-,15-,16+,17-,19-/m1/s1. The van der Waals surface area contributed by atoms with Crippen molar-refractivity contribution >= 4 is 5.97 Å². The molecule has 1 aromatic rings. The first kappa shape index (κ1) is 23.6. The first-order chi connectivity index (χ1) is 14.3. The van der Waals surface area contributed by atoms with Gasteiger partial charge in [-0.3, -0.25) is 0 Å². The van der Waals surface area contributed by atoms with Crippen LogP contribution in [0.25, 0.3) is 0 Å². The van der Waals surface area contributed by atoms with E-state index in [0.717, 1.165) is 0 Å². The second-order valence-corrected chi connectivity index (χ2v) is 6.33. The number of nitriles is 1. The zero-order chi connectivity index (χ0) is 22.3. The maximum absolute atomic E-state index is 12.1. The fraction of sp³-hybridized carbons (Fsp3) is 0.474. The van der Waals surface area contributed by atoms with Crippen LogP contribution in [0.15, 0.2) is 29.8 Å². The summed E-state index contributed by atoms with van der Waals surface area (Å²) in [5.74, 6) is -0.797. The summed E-state index contributed by atoms with van der Waals surface area (Å²) < 4.78 is 20.4. The van der Waals surface area contributed by atoms with Crippen molar-refractivity contribution in [1.82, 2.24) is 0 Å². The van der Waals surface area contributed by atoms with E-state index in [1.54, 1.807) is 0 Å². The van der Waals surface area contributed by atoms with Crippen LogP contribution in [0, 0.1) is 11.3 Å². The third kappa shape index (κ3) is 5.67. The number of phenolic OH excluding ortho intramolecular Hbond substituents is 1. The highest BCUT2D eigenvalue weighted by Crippen LogP contribution is 2.26. The maximum atomic E-state index is 12.1. The van der Waals surface area contributed by atoms with E-state index in [1.165, 1.54) is 31.4 Å². The Morgan fingerprint density at radius 2 is 2.00 bits per heavy atom. The van der Waals surface area contributed by atoms with Gasteiger partial charge in [-0.15, -0.1) is 0 Å². The monoisotopic (exact) mass is 425 g/mol. The van der Waals surface area contributed by atoms with Crippen LogP contribution in [-0.4, -0.2) is 89.1 Å². The number of rotatable bonds is 8. The number of aliphatic hydroxyl groups is 4. The van der Waals surface area contributed by atoms with Crippen molar-refractivity contribution in [3.63, 3.8) is 0 Å². The Labute approximate surface area is 171 Å². The molecule has 5 atom stereocenters. The number of carbonyl (C=O) groups excluding carboxylic acids is 1. The number of carbonyl (C=O) groups is 1. The lowest BCUT2D eigenvalue weighted by atomic mass is 9.99. The second kappa shape index (κ2) is 10.9. The van der Waals surface area contributed by atoms with E-state index in [0.29, 0.717) is 0 Å². The minimum absolute atomic E-state index is 0.0404. The Kier molecular flexibility index (Phi) is 8.55. The number of benzene rings is 1. The topological polar surface area (TPSA) is 179 Å². The lowest BCUT2D eigenvalue weighted by molar-refractivity contribution is -0.298. The molecule has 1 saturated heterocycles. The summed E-state index contributed by atoms with van der Waals surface area (Å²) in [6.45, 7) is -1.20. The Balaban J connectivity index is 1.90. The molecule has 164 valence electrons. The molecule has 1 aliphatic rings. The van der Waals surface area contributed by atoms with Crippen molar-refractivity contribution in [2.24, 2.45) is 0 Å². The molecule has 0 radical (unpaired) electrons. The van der Waals surface area contributed by atoms with E-state index in [1.807, 2.05) is 6.07 Å². The van der Waals surface area contributed by atoms with Gasteiger partial charge in [-0.1, -0.05) is 0 Å². The van der Waals surface area contributed by atoms with Crippen LogP contribution in [0.5, 0.6) is 11.5 Å². The van der Waals surface area contributed by atoms with Gasteiger partial charge < -0.3 is 44.5 Å². The van der Waals surface area contributed by atoms with Gasteiger partial charge in [-0.2, -0.15) is 5.26 Å². The fourth-order valence-corrected chi connectivity index (χ4v) is 2.62. The van der Waals surface area contributed by atoms with Gasteiger partial charge in [0.25, 0.3) is 0 Å². The number of hydrogen-bond donors (Lipinski definition) is 5. The number of ether oxygens (including phenoxy) is 4. The maximum Gasteiger partial charge on any atom is 0.338 e. The minimum atomic E-state index is -1.58. The van der Waals surface area contributed by atoms with Crippen LogP contribution in [0.4, 0.5) is 0 Å². The van der Waals surface area contributed by atoms with E-state index >= 15 is 0 Å². The third-order valence-corrected chi connectivity index (χ3v) is 4.36. The second-order valence-electron chi connectivity index (χ2n) is 6.33. The number of aromatic hydroxyl groups is 1. The van der Waals surface area contributed by atoms with E-state index in [4.69, 9.17) is 29.3 Å². The van der Waals surface area contributed by atoms with Gasteiger partial charge in [0.1, 0.15) is 31.0 Å². The van der Waals surface area contributed by atoms with Crippen LogP contribution in [0.2, 0.25) is 0 Å². The molecular formula is C19H23NO10. The van der Waals surface area contributed by atoms with Crippen molar-refractivity contribution in [3.8, 4) is 17.6 Å². The van der Waals surface area contributed by atoms with Gasteiger partial charge in [0.2, 0.25) is 0 Å². The Bertz CT molecular complexity index is 803. The fourth-order valence-electron chi connectivity index (χ4n) is 2.62. The van der Waals surface area contributed by atoms with Crippen molar-refractivity contribution in [1.29, 1.82) is 5.26 Å². The summed E-state index contributed by atoms with van der Waals surface area (Å²) in [6, 6.07) is 5.72. The number of aliphatic hydroxyl groups excluding tert-OH is 4. The predicted octanol–water partition coefficient (Wildman–Crippen LogP) is -1.18. The number of nitrogens with zero attached hydrogens (tertiary/aromatic N) is 1. The van der Waals surface area contributed by atoms with Gasteiger partial charge in [-0.25, -0.2) is 4.79 Å². The number of esters is 1. The molecule has 0 unspecified atom stereocenters. The molecule has 0 spiro atoms. The van der Waals surface area contributed by atoms with Crippen molar-refractivity contribution in [2.45, 2.75) is 30.7 Å². The van der Waals surface area contributed by atoms with Crippen LogP contribution >= 0.6 is 0 Å². The summed E-state index contributed by atoms with van der Waals surface area (Å²) in [6.07, 6.45) is -5.83. The lowest BCUT2D eigenvalue weighted by Crippen LogP contribution is -2.59. The predicted molar refractivity (Wildman–Crippen MR) is 98.4 cm³/mol. The molecule has 11 heteroatoms. The highest BCUT2D eigenvalue weighted by molar-refractivity contribution is 5.90. The van der Waals surface area contributed by atoms with E-state index in [9.17, 15) is 25.2 Å². The van der Waals surface area contributed by atoms with Gasteiger partial charge in [-0.05, 0) is 24.3 Å². The average Bonchev–Trinajstić information content (AvgIpc) is 2.75. The minimum Gasteiger partial charge on any atom is -0.504 e. The summed E-state index contributed by atoms with van der Waals surface area (Å²) in [7, 11) is 1.33. The Morgan fingerprint density at radius 1 is 1.27 bits per heavy atom. The summed E-state index contributed by atoms with van der Waals surface area (Å²) in [4.78, 5) is 12.1. The first-order valence-corrected chi connectivity index (χ1v) is 8.87. The quantitative estimate of drug-likeness (QED) is 0.250. The lowest BCUT2D eigenvalue weighted by Gasteiger charge is -2.39. The molecule has 1 aromatic carbocycles. The summed E-state index contributed by atoms with van der Waals surface area (Å²) >= 11 is 0.